The van der Waals surface area contributed by atoms with Crippen molar-refractivity contribution in [3.8, 4) is 0 Å². The van der Waals surface area contributed by atoms with E-state index < -0.39 is 0 Å². The van der Waals surface area contributed by atoms with E-state index in [0.717, 1.165) is 52.5 Å². The van der Waals surface area contributed by atoms with Crippen LogP contribution in [0.3, 0.4) is 0 Å². The number of rotatable bonds is 7. The Morgan fingerprint density at radius 3 is 2.62 bits per heavy atom. The molecule has 0 saturated carbocycles. The van der Waals surface area contributed by atoms with Crippen molar-refractivity contribution in [1.82, 2.24) is 15.5 Å². The third-order valence-corrected chi connectivity index (χ3v) is 4.97. The molecule has 0 bridgehead atoms. The van der Waals surface area contributed by atoms with Gasteiger partial charge in [0.1, 0.15) is 0 Å². The highest BCUT2D eigenvalue weighted by molar-refractivity contribution is 5.85. The SMILES string of the molecule is CC(CNC(=O)CC(C)C1CCCNC1)CN1CCOCC1.Cl.Cl. The molecule has 1 amide bonds. The molecule has 0 aromatic carbocycles. The number of morpholine rings is 1. The number of nitrogens with zero attached hydrogens (tertiary/aromatic N) is 1. The van der Waals surface area contributed by atoms with Gasteiger partial charge in [0, 0.05) is 32.6 Å². The summed E-state index contributed by atoms with van der Waals surface area (Å²) in [5, 5.41) is 6.56. The number of amides is 1. The zero-order valence-corrected chi connectivity index (χ0v) is 16.7. The van der Waals surface area contributed by atoms with E-state index in [-0.39, 0.29) is 30.7 Å². The quantitative estimate of drug-likeness (QED) is 0.705. The minimum atomic E-state index is 0. The summed E-state index contributed by atoms with van der Waals surface area (Å²) in [5.74, 6) is 1.84. The van der Waals surface area contributed by atoms with E-state index in [1.165, 1.54) is 12.8 Å². The number of ether oxygens (including phenoxy) is 1. The number of halogens is 2. The van der Waals surface area contributed by atoms with Crippen LogP contribution in [0.4, 0.5) is 0 Å². The van der Waals surface area contributed by atoms with Crippen LogP contribution in [-0.4, -0.2) is 63.3 Å². The number of carbonyl (C=O) groups excluding carboxylic acids is 1. The third-order valence-electron chi connectivity index (χ3n) is 4.97. The zero-order valence-electron chi connectivity index (χ0n) is 15.1. The fourth-order valence-electron chi connectivity index (χ4n) is 3.47. The predicted octanol–water partition coefficient (Wildman–Crippen LogP) is 1.94. The molecule has 0 aromatic rings. The van der Waals surface area contributed by atoms with Crippen molar-refractivity contribution in [1.29, 1.82) is 0 Å². The number of hydrogen-bond donors (Lipinski definition) is 2. The zero-order chi connectivity index (χ0) is 15.8. The summed E-state index contributed by atoms with van der Waals surface area (Å²) in [6.07, 6.45) is 3.17. The second-order valence-electron chi connectivity index (χ2n) is 7.11. The lowest BCUT2D eigenvalue weighted by molar-refractivity contribution is -0.122. The van der Waals surface area contributed by atoms with Gasteiger partial charge in [-0.3, -0.25) is 9.69 Å². The van der Waals surface area contributed by atoms with Gasteiger partial charge in [0.2, 0.25) is 5.91 Å². The van der Waals surface area contributed by atoms with Crippen molar-refractivity contribution in [3.05, 3.63) is 0 Å². The first-order valence-corrected chi connectivity index (χ1v) is 8.92. The molecule has 24 heavy (non-hydrogen) atoms. The molecule has 0 spiro atoms. The standard InChI is InChI=1S/C17H33N3O2.2ClH/c1-14(13-20-6-8-22-9-7-20)11-19-17(21)10-15(2)16-4-3-5-18-12-16;;/h14-16,18H,3-13H2,1-2H3,(H,19,21);2*1H. The van der Waals surface area contributed by atoms with Crippen LogP contribution in [0.5, 0.6) is 0 Å². The van der Waals surface area contributed by atoms with Gasteiger partial charge >= 0.3 is 0 Å². The summed E-state index contributed by atoms with van der Waals surface area (Å²) in [6, 6.07) is 0. The summed E-state index contributed by atoms with van der Waals surface area (Å²) in [4.78, 5) is 14.6. The Bertz CT molecular complexity index is 336. The average molecular weight is 384 g/mol. The van der Waals surface area contributed by atoms with E-state index in [0.29, 0.717) is 24.2 Å². The molecule has 2 aliphatic heterocycles. The van der Waals surface area contributed by atoms with Crippen LogP contribution in [0.25, 0.3) is 0 Å². The van der Waals surface area contributed by atoms with E-state index in [4.69, 9.17) is 4.74 Å². The number of carbonyl (C=O) groups is 1. The van der Waals surface area contributed by atoms with E-state index >= 15 is 0 Å². The average Bonchev–Trinajstić information content (AvgIpc) is 2.55. The molecule has 2 saturated heterocycles. The molecule has 2 N–H and O–H groups in total. The third kappa shape index (κ3) is 8.86. The van der Waals surface area contributed by atoms with Gasteiger partial charge in [-0.25, -0.2) is 0 Å². The van der Waals surface area contributed by atoms with Crippen LogP contribution in [-0.2, 0) is 9.53 Å². The van der Waals surface area contributed by atoms with Gasteiger partial charge in [0.25, 0.3) is 0 Å². The molecule has 3 atom stereocenters. The van der Waals surface area contributed by atoms with Crippen LogP contribution in [0.1, 0.15) is 33.1 Å². The van der Waals surface area contributed by atoms with E-state index in [2.05, 4.69) is 29.4 Å². The number of piperidine rings is 1. The highest BCUT2D eigenvalue weighted by atomic mass is 35.5. The molecule has 5 nitrogen and oxygen atoms in total. The minimum absolute atomic E-state index is 0. The molecule has 7 heteroatoms. The Morgan fingerprint density at radius 1 is 1.29 bits per heavy atom. The summed E-state index contributed by atoms with van der Waals surface area (Å²) in [6.45, 7) is 12.2. The van der Waals surface area contributed by atoms with Crippen LogP contribution in [0.15, 0.2) is 0 Å². The summed E-state index contributed by atoms with van der Waals surface area (Å²) in [5.41, 5.74) is 0. The lowest BCUT2D eigenvalue weighted by Crippen LogP contribution is -2.41. The molecular formula is C17H35Cl2N3O2. The monoisotopic (exact) mass is 383 g/mol. The van der Waals surface area contributed by atoms with Crippen LogP contribution in [0.2, 0.25) is 0 Å². The maximum Gasteiger partial charge on any atom is 0.220 e. The van der Waals surface area contributed by atoms with Gasteiger partial charge in [-0.05, 0) is 43.7 Å². The van der Waals surface area contributed by atoms with Gasteiger partial charge < -0.3 is 15.4 Å². The fourth-order valence-corrected chi connectivity index (χ4v) is 3.47. The molecule has 2 fully saturated rings. The maximum absolute atomic E-state index is 12.1. The number of hydrogen-bond acceptors (Lipinski definition) is 4. The van der Waals surface area contributed by atoms with Crippen molar-refractivity contribution >= 4 is 30.7 Å². The molecule has 2 aliphatic rings. The molecular weight excluding hydrogens is 349 g/mol. The normalized spacial score (nSPS) is 24.2. The number of nitrogens with one attached hydrogen (secondary N) is 2. The van der Waals surface area contributed by atoms with Crippen LogP contribution in [0, 0.1) is 17.8 Å². The maximum atomic E-state index is 12.1. The summed E-state index contributed by atoms with van der Waals surface area (Å²) < 4.78 is 5.36. The lowest BCUT2D eigenvalue weighted by atomic mass is 9.85. The Labute approximate surface area is 159 Å². The second kappa shape index (κ2) is 13.2. The first kappa shape index (κ1) is 23.9. The highest BCUT2D eigenvalue weighted by Gasteiger charge is 2.22. The van der Waals surface area contributed by atoms with E-state index in [1.54, 1.807) is 0 Å². The summed E-state index contributed by atoms with van der Waals surface area (Å²) in [7, 11) is 0. The van der Waals surface area contributed by atoms with Crippen molar-refractivity contribution in [2.45, 2.75) is 33.1 Å². The Balaban J connectivity index is 0.00000264. The highest BCUT2D eigenvalue weighted by Crippen LogP contribution is 2.22. The van der Waals surface area contributed by atoms with Crippen LogP contribution >= 0.6 is 24.8 Å². The first-order valence-electron chi connectivity index (χ1n) is 8.92. The molecule has 0 aliphatic carbocycles. The smallest absolute Gasteiger partial charge is 0.220 e. The Morgan fingerprint density at radius 2 is 2.00 bits per heavy atom. The van der Waals surface area contributed by atoms with Gasteiger partial charge in [-0.1, -0.05) is 13.8 Å². The molecule has 0 radical (unpaired) electrons. The topological polar surface area (TPSA) is 53.6 Å². The van der Waals surface area contributed by atoms with Crippen molar-refractivity contribution < 1.29 is 9.53 Å². The second-order valence-corrected chi connectivity index (χ2v) is 7.11. The predicted molar refractivity (Wildman–Crippen MR) is 103 cm³/mol. The minimum Gasteiger partial charge on any atom is -0.379 e. The molecule has 3 unspecified atom stereocenters. The Kier molecular flexibility index (Phi) is 13.1. The van der Waals surface area contributed by atoms with Crippen LogP contribution < -0.4 is 10.6 Å². The molecule has 0 aromatic heterocycles. The van der Waals surface area contributed by atoms with Gasteiger partial charge in [-0.15, -0.1) is 24.8 Å². The van der Waals surface area contributed by atoms with Gasteiger partial charge in [0.15, 0.2) is 0 Å². The van der Waals surface area contributed by atoms with Gasteiger partial charge in [-0.2, -0.15) is 0 Å². The first-order chi connectivity index (χ1) is 10.6. The lowest BCUT2D eigenvalue weighted by Gasteiger charge is -2.29. The van der Waals surface area contributed by atoms with Gasteiger partial charge in [0.05, 0.1) is 13.2 Å². The Hall–Kier alpha value is -0.0700. The van der Waals surface area contributed by atoms with Crippen molar-refractivity contribution in [2.24, 2.45) is 17.8 Å². The summed E-state index contributed by atoms with van der Waals surface area (Å²) >= 11 is 0. The fraction of sp³-hybridized carbons (Fsp3) is 0.941. The van der Waals surface area contributed by atoms with Crippen molar-refractivity contribution in [3.63, 3.8) is 0 Å². The van der Waals surface area contributed by atoms with Crippen molar-refractivity contribution in [2.75, 3.05) is 52.5 Å². The molecule has 2 rings (SSSR count). The molecule has 2 heterocycles. The van der Waals surface area contributed by atoms with E-state index in [1.807, 2.05) is 0 Å². The largest absolute Gasteiger partial charge is 0.379 e. The molecule has 144 valence electrons. The van der Waals surface area contributed by atoms with E-state index in [9.17, 15) is 4.79 Å².